The molecule has 7 heteroatoms. The molecule has 0 amide bonds. The second-order valence-electron chi connectivity index (χ2n) is 3.77. The third-order valence-corrected chi connectivity index (χ3v) is 2.31. The van der Waals surface area contributed by atoms with Crippen molar-refractivity contribution < 1.29 is 4.92 Å². The zero-order valence-corrected chi connectivity index (χ0v) is 9.56. The summed E-state index contributed by atoms with van der Waals surface area (Å²) in [4.78, 5) is 12.1. The molecule has 0 fully saturated rings. The van der Waals surface area contributed by atoms with Gasteiger partial charge in [0.15, 0.2) is 5.82 Å². The van der Waals surface area contributed by atoms with Crippen molar-refractivity contribution in [2.45, 2.75) is 19.3 Å². The summed E-state index contributed by atoms with van der Waals surface area (Å²) in [5, 5.41) is 17.2. The lowest BCUT2D eigenvalue weighted by Crippen LogP contribution is -2.11. The highest BCUT2D eigenvalue weighted by atomic mass is 16.6. The minimum absolute atomic E-state index is 0.0132. The average molecular weight is 227 g/mol. The number of hydrogen-bond donors (Lipinski definition) is 2. The molecular formula is C9H17N5O2. The molecule has 1 heterocycles. The Morgan fingerprint density at radius 3 is 2.69 bits per heavy atom. The lowest BCUT2D eigenvalue weighted by molar-refractivity contribution is -0.390. The van der Waals surface area contributed by atoms with Crippen LogP contribution in [0.25, 0.3) is 0 Å². The SMILES string of the molecule is CN(C)c1n[nH]c([N+](=O)[O-])c1CCCCN. The molecule has 0 atom stereocenters. The third kappa shape index (κ3) is 2.69. The standard InChI is InChI=1S/C9H17N5O2/c1-13(2)8-7(5-3-4-6-10)9(12-11-8)14(15)16/h3-6,10H2,1-2H3,(H,11,12). The van der Waals surface area contributed by atoms with Gasteiger partial charge in [-0.2, -0.15) is 0 Å². The van der Waals surface area contributed by atoms with Crippen LogP contribution in [-0.2, 0) is 6.42 Å². The normalized spacial score (nSPS) is 10.4. The molecular weight excluding hydrogens is 210 g/mol. The Hall–Kier alpha value is -1.63. The maximum Gasteiger partial charge on any atom is 0.348 e. The smallest absolute Gasteiger partial charge is 0.348 e. The van der Waals surface area contributed by atoms with Gasteiger partial charge in [-0.25, -0.2) is 0 Å². The highest BCUT2D eigenvalue weighted by Crippen LogP contribution is 2.26. The van der Waals surface area contributed by atoms with Gasteiger partial charge in [-0.3, -0.25) is 0 Å². The first-order chi connectivity index (χ1) is 7.57. The molecule has 0 aliphatic carbocycles. The van der Waals surface area contributed by atoms with Crippen LogP contribution >= 0.6 is 0 Å². The summed E-state index contributed by atoms with van der Waals surface area (Å²) in [5.74, 6) is 0.615. The van der Waals surface area contributed by atoms with E-state index in [9.17, 15) is 10.1 Å². The monoisotopic (exact) mass is 227 g/mol. The van der Waals surface area contributed by atoms with Crippen molar-refractivity contribution >= 4 is 11.6 Å². The van der Waals surface area contributed by atoms with Gasteiger partial charge in [0, 0.05) is 14.1 Å². The Morgan fingerprint density at radius 2 is 2.19 bits per heavy atom. The van der Waals surface area contributed by atoms with Crippen molar-refractivity contribution in [1.29, 1.82) is 0 Å². The lowest BCUT2D eigenvalue weighted by Gasteiger charge is -2.09. The maximum atomic E-state index is 10.8. The molecule has 16 heavy (non-hydrogen) atoms. The van der Waals surface area contributed by atoms with Gasteiger partial charge in [0.25, 0.3) is 0 Å². The molecule has 0 aliphatic rings. The Labute approximate surface area is 93.8 Å². The summed E-state index contributed by atoms with van der Waals surface area (Å²) in [7, 11) is 3.62. The number of aromatic amines is 1. The number of hydrogen-bond acceptors (Lipinski definition) is 5. The van der Waals surface area contributed by atoms with E-state index in [4.69, 9.17) is 5.73 Å². The fourth-order valence-corrected chi connectivity index (χ4v) is 1.54. The van der Waals surface area contributed by atoms with E-state index in [-0.39, 0.29) is 5.82 Å². The van der Waals surface area contributed by atoms with Crippen molar-refractivity contribution in [1.82, 2.24) is 10.2 Å². The van der Waals surface area contributed by atoms with E-state index in [1.807, 2.05) is 14.1 Å². The van der Waals surface area contributed by atoms with Crippen molar-refractivity contribution in [2.75, 3.05) is 25.5 Å². The number of unbranched alkanes of at least 4 members (excludes halogenated alkanes) is 1. The van der Waals surface area contributed by atoms with Crippen LogP contribution in [0.3, 0.4) is 0 Å². The molecule has 3 N–H and O–H groups in total. The quantitative estimate of drug-likeness (QED) is 0.422. The molecule has 0 aliphatic heterocycles. The molecule has 0 spiro atoms. The first-order valence-electron chi connectivity index (χ1n) is 5.17. The summed E-state index contributed by atoms with van der Waals surface area (Å²) < 4.78 is 0. The fourth-order valence-electron chi connectivity index (χ4n) is 1.54. The zero-order chi connectivity index (χ0) is 12.1. The van der Waals surface area contributed by atoms with Gasteiger partial charge in [-0.1, -0.05) is 5.10 Å². The van der Waals surface area contributed by atoms with E-state index in [0.29, 0.717) is 24.3 Å². The topological polar surface area (TPSA) is 101 Å². The number of aromatic nitrogens is 2. The van der Waals surface area contributed by atoms with E-state index in [1.165, 1.54) is 0 Å². The zero-order valence-electron chi connectivity index (χ0n) is 9.56. The maximum absolute atomic E-state index is 10.8. The molecule has 0 saturated carbocycles. The van der Waals surface area contributed by atoms with Gasteiger partial charge in [0.2, 0.25) is 0 Å². The third-order valence-electron chi connectivity index (χ3n) is 2.31. The predicted octanol–water partition coefficient (Wildman–Crippen LogP) is 0.665. The van der Waals surface area contributed by atoms with Crippen molar-refractivity contribution in [3.05, 3.63) is 15.7 Å². The Bertz CT molecular complexity index is 361. The average Bonchev–Trinajstić information content (AvgIpc) is 2.62. The predicted molar refractivity (Wildman–Crippen MR) is 61.6 cm³/mol. The van der Waals surface area contributed by atoms with E-state index in [1.54, 1.807) is 4.90 Å². The number of nitrogens with zero attached hydrogens (tertiary/aromatic N) is 3. The second kappa shape index (κ2) is 5.45. The van der Waals surface area contributed by atoms with Gasteiger partial charge in [-0.05, 0) is 30.7 Å². The molecule has 0 aromatic carbocycles. The van der Waals surface area contributed by atoms with Crippen molar-refractivity contribution in [3.8, 4) is 0 Å². The van der Waals surface area contributed by atoms with Crippen LogP contribution in [-0.4, -0.2) is 35.8 Å². The molecule has 1 aromatic rings. The number of nitrogens with one attached hydrogen (secondary N) is 1. The Kier molecular flexibility index (Phi) is 4.24. The van der Waals surface area contributed by atoms with E-state index >= 15 is 0 Å². The summed E-state index contributed by atoms with van der Waals surface area (Å²) in [6.07, 6.45) is 2.31. The van der Waals surface area contributed by atoms with Gasteiger partial charge < -0.3 is 20.7 Å². The molecule has 0 saturated heterocycles. The fraction of sp³-hybridized carbons (Fsp3) is 0.667. The first-order valence-corrected chi connectivity index (χ1v) is 5.17. The van der Waals surface area contributed by atoms with E-state index in [2.05, 4.69) is 10.2 Å². The van der Waals surface area contributed by atoms with Crippen molar-refractivity contribution in [2.24, 2.45) is 5.73 Å². The second-order valence-corrected chi connectivity index (χ2v) is 3.77. The number of rotatable bonds is 6. The van der Waals surface area contributed by atoms with Gasteiger partial charge >= 0.3 is 5.82 Å². The van der Waals surface area contributed by atoms with Crippen LogP contribution in [0.5, 0.6) is 0 Å². The van der Waals surface area contributed by atoms with Gasteiger partial charge in [0.05, 0.1) is 5.56 Å². The Morgan fingerprint density at radius 1 is 1.50 bits per heavy atom. The summed E-state index contributed by atoms with van der Waals surface area (Å²) in [6.45, 7) is 0.600. The highest BCUT2D eigenvalue weighted by molar-refractivity contribution is 5.53. The summed E-state index contributed by atoms with van der Waals surface area (Å²) >= 11 is 0. The van der Waals surface area contributed by atoms with Crippen LogP contribution < -0.4 is 10.6 Å². The van der Waals surface area contributed by atoms with Crippen LogP contribution in [0.4, 0.5) is 11.6 Å². The van der Waals surface area contributed by atoms with Crippen LogP contribution in [0, 0.1) is 10.1 Å². The first kappa shape index (κ1) is 12.4. The van der Waals surface area contributed by atoms with Crippen LogP contribution in [0.1, 0.15) is 18.4 Å². The minimum atomic E-state index is -0.433. The highest BCUT2D eigenvalue weighted by Gasteiger charge is 2.22. The number of nitrogens with two attached hydrogens (primary N) is 1. The number of nitro groups is 1. The van der Waals surface area contributed by atoms with Crippen LogP contribution in [0.15, 0.2) is 0 Å². The Balaban J connectivity index is 2.90. The van der Waals surface area contributed by atoms with E-state index in [0.717, 1.165) is 12.8 Å². The van der Waals surface area contributed by atoms with E-state index < -0.39 is 4.92 Å². The molecule has 90 valence electrons. The molecule has 1 rings (SSSR count). The molecule has 7 nitrogen and oxygen atoms in total. The summed E-state index contributed by atoms with van der Waals surface area (Å²) in [5.41, 5.74) is 6.05. The van der Waals surface area contributed by atoms with Crippen molar-refractivity contribution in [3.63, 3.8) is 0 Å². The lowest BCUT2D eigenvalue weighted by atomic mass is 10.1. The van der Waals surface area contributed by atoms with Gasteiger partial charge in [0.1, 0.15) is 0 Å². The number of anilines is 1. The van der Waals surface area contributed by atoms with Gasteiger partial charge in [-0.15, -0.1) is 5.10 Å². The molecule has 0 radical (unpaired) electrons. The summed E-state index contributed by atoms with van der Waals surface area (Å²) in [6, 6.07) is 0. The molecule has 0 bridgehead atoms. The molecule has 1 aromatic heterocycles. The molecule has 0 unspecified atom stereocenters. The van der Waals surface area contributed by atoms with Crippen LogP contribution in [0.2, 0.25) is 0 Å². The minimum Gasteiger partial charge on any atom is -0.359 e. The largest absolute Gasteiger partial charge is 0.359 e. The number of H-pyrrole nitrogens is 1.